The molecule has 0 aromatic heterocycles. The van der Waals surface area contributed by atoms with Gasteiger partial charge in [0.1, 0.15) is 6.04 Å². The van der Waals surface area contributed by atoms with E-state index in [0.29, 0.717) is 17.3 Å². The molecule has 2 aromatic rings. The summed E-state index contributed by atoms with van der Waals surface area (Å²) in [5, 5.41) is 3.62. The number of benzene rings is 2. The normalized spacial score (nSPS) is 12.3. The maximum Gasteiger partial charge on any atom is 0.242 e. The van der Waals surface area contributed by atoms with E-state index in [1.54, 1.807) is 35.7 Å². The first-order chi connectivity index (χ1) is 14.1. The maximum absolute atomic E-state index is 13.1. The zero-order valence-corrected chi connectivity index (χ0v) is 19.9. The minimum atomic E-state index is -0.577. The molecule has 162 valence electrons. The predicted molar refractivity (Wildman–Crippen MR) is 127 cm³/mol. The molecule has 30 heavy (non-hydrogen) atoms. The molecule has 2 rings (SSSR count). The molecule has 0 radical (unpaired) electrons. The lowest BCUT2D eigenvalue weighted by atomic mass is 10.1. The van der Waals surface area contributed by atoms with E-state index < -0.39 is 6.04 Å². The van der Waals surface area contributed by atoms with Crippen molar-refractivity contribution in [3.63, 3.8) is 0 Å². The summed E-state index contributed by atoms with van der Waals surface area (Å²) in [4.78, 5) is 27.5. The number of hydrogen-bond acceptors (Lipinski definition) is 3. The fraction of sp³-hybridized carbons (Fsp3) is 0.417. The highest BCUT2D eigenvalue weighted by Gasteiger charge is 2.28. The van der Waals surface area contributed by atoms with E-state index >= 15 is 0 Å². The fourth-order valence-electron chi connectivity index (χ4n) is 2.95. The summed E-state index contributed by atoms with van der Waals surface area (Å²) in [7, 11) is 0. The van der Waals surface area contributed by atoms with Gasteiger partial charge in [-0.05, 0) is 63.4 Å². The highest BCUT2D eigenvalue weighted by Crippen LogP contribution is 2.19. The van der Waals surface area contributed by atoms with Crippen LogP contribution in [0.3, 0.4) is 0 Å². The molecule has 0 aliphatic rings. The van der Waals surface area contributed by atoms with Gasteiger partial charge < -0.3 is 10.2 Å². The Balaban J connectivity index is 2.10. The van der Waals surface area contributed by atoms with Gasteiger partial charge in [-0.25, -0.2) is 0 Å². The lowest BCUT2D eigenvalue weighted by Gasteiger charge is -2.31. The van der Waals surface area contributed by atoms with Crippen molar-refractivity contribution in [2.24, 2.45) is 0 Å². The van der Waals surface area contributed by atoms with Gasteiger partial charge in [0.15, 0.2) is 0 Å². The van der Waals surface area contributed by atoms with Gasteiger partial charge in [0.2, 0.25) is 11.8 Å². The second-order valence-electron chi connectivity index (χ2n) is 8.48. The third-order valence-electron chi connectivity index (χ3n) is 4.68. The van der Waals surface area contributed by atoms with Crippen molar-refractivity contribution in [2.75, 3.05) is 5.75 Å². The van der Waals surface area contributed by atoms with Gasteiger partial charge in [0.05, 0.1) is 5.75 Å². The molecular formula is C24H31ClN2O2S. The summed E-state index contributed by atoms with van der Waals surface area (Å²) in [6.45, 7) is 10.0. The summed E-state index contributed by atoms with van der Waals surface area (Å²) in [5.74, 6) is 0.860. The molecule has 1 atom stereocenters. The van der Waals surface area contributed by atoms with Crippen LogP contribution in [0.4, 0.5) is 0 Å². The highest BCUT2D eigenvalue weighted by molar-refractivity contribution is 7.99. The zero-order valence-electron chi connectivity index (χ0n) is 18.4. The van der Waals surface area contributed by atoms with Gasteiger partial charge in [-0.1, -0.05) is 48.0 Å². The van der Waals surface area contributed by atoms with E-state index in [-0.39, 0.29) is 17.4 Å². The van der Waals surface area contributed by atoms with Crippen LogP contribution in [0.5, 0.6) is 0 Å². The molecular weight excluding hydrogens is 416 g/mol. The third kappa shape index (κ3) is 7.69. The number of aryl methyl sites for hydroxylation is 1. The van der Waals surface area contributed by atoms with E-state index in [1.165, 1.54) is 11.1 Å². The van der Waals surface area contributed by atoms with Gasteiger partial charge in [0, 0.05) is 22.9 Å². The van der Waals surface area contributed by atoms with Crippen LogP contribution in [-0.4, -0.2) is 34.0 Å². The van der Waals surface area contributed by atoms with Crippen LogP contribution < -0.4 is 5.32 Å². The number of carbonyl (C=O) groups excluding carboxylic acids is 2. The van der Waals surface area contributed by atoms with Crippen molar-refractivity contribution >= 4 is 35.2 Å². The Bertz CT molecular complexity index is 862. The number of thioether (sulfide) groups is 1. The van der Waals surface area contributed by atoms with E-state index in [2.05, 4.69) is 24.4 Å². The summed E-state index contributed by atoms with van der Waals surface area (Å²) in [5.41, 5.74) is 3.01. The average molecular weight is 447 g/mol. The van der Waals surface area contributed by atoms with Crippen molar-refractivity contribution in [1.82, 2.24) is 10.2 Å². The summed E-state index contributed by atoms with van der Waals surface area (Å²) >= 11 is 7.56. The van der Waals surface area contributed by atoms with E-state index in [4.69, 9.17) is 11.6 Å². The van der Waals surface area contributed by atoms with Gasteiger partial charge >= 0.3 is 0 Å². The molecule has 2 amide bonds. The predicted octanol–water partition coefficient (Wildman–Crippen LogP) is 5.21. The molecule has 0 saturated carbocycles. The Morgan fingerprint density at radius 3 is 2.33 bits per heavy atom. The molecule has 0 heterocycles. The topological polar surface area (TPSA) is 49.4 Å². The minimum absolute atomic E-state index is 0.0555. The second kappa shape index (κ2) is 10.9. The summed E-state index contributed by atoms with van der Waals surface area (Å²) in [6, 6.07) is 15.0. The van der Waals surface area contributed by atoms with Crippen molar-refractivity contribution in [1.29, 1.82) is 0 Å². The summed E-state index contributed by atoms with van der Waals surface area (Å²) < 4.78 is 0. The van der Waals surface area contributed by atoms with Crippen molar-refractivity contribution in [2.45, 2.75) is 58.5 Å². The van der Waals surface area contributed by atoms with Crippen LogP contribution in [0.1, 0.15) is 44.4 Å². The average Bonchev–Trinajstić information content (AvgIpc) is 2.67. The van der Waals surface area contributed by atoms with Crippen LogP contribution in [-0.2, 0) is 21.9 Å². The van der Waals surface area contributed by atoms with Crippen LogP contribution in [0.2, 0.25) is 5.02 Å². The number of rotatable bonds is 8. The third-order valence-corrected chi connectivity index (χ3v) is 5.89. The van der Waals surface area contributed by atoms with Gasteiger partial charge in [-0.2, -0.15) is 0 Å². The quantitative estimate of drug-likeness (QED) is 0.605. The van der Waals surface area contributed by atoms with Gasteiger partial charge in [0.25, 0.3) is 0 Å². The number of amides is 2. The molecule has 0 fully saturated rings. The SMILES string of the molecule is Cc1ccccc1CSCC(=O)N(Cc1ccc(Cl)cc1)[C@H](C)C(=O)NC(C)(C)C. The second-order valence-corrected chi connectivity index (χ2v) is 9.90. The maximum atomic E-state index is 13.1. The Morgan fingerprint density at radius 2 is 1.73 bits per heavy atom. The molecule has 0 unspecified atom stereocenters. The van der Waals surface area contributed by atoms with Crippen molar-refractivity contribution in [3.05, 3.63) is 70.2 Å². The number of halogens is 1. The van der Waals surface area contributed by atoms with Crippen molar-refractivity contribution < 1.29 is 9.59 Å². The molecule has 1 N–H and O–H groups in total. The Kier molecular flexibility index (Phi) is 8.80. The summed E-state index contributed by atoms with van der Waals surface area (Å²) in [6.07, 6.45) is 0. The van der Waals surface area contributed by atoms with E-state index in [9.17, 15) is 9.59 Å². The molecule has 0 aliphatic carbocycles. The Morgan fingerprint density at radius 1 is 1.10 bits per heavy atom. The number of carbonyl (C=O) groups is 2. The molecule has 4 nitrogen and oxygen atoms in total. The van der Waals surface area contributed by atoms with Crippen LogP contribution in [0.25, 0.3) is 0 Å². The molecule has 0 saturated heterocycles. The Hall–Kier alpha value is -1.98. The van der Waals surface area contributed by atoms with Crippen molar-refractivity contribution in [3.8, 4) is 0 Å². The lowest BCUT2D eigenvalue weighted by Crippen LogP contribution is -2.52. The first-order valence-corrected chi connectivity index (χ1v) is 11.6. The largest absolute Gasteiger partial charge is 0.350 e. The number of nitrogens with one attached hydrogen (secondary N) is 1. The van der Waals surface area contributed by atoms with Crippen LogP contribution in [0.15, 0.2) is 48.5 Å². The monoisotopic (exact) mass is 446 g/mol. The number of nitrogens with zero attached hydrogens (tertiary/aromatic N) is 1. The number of hydrogen-bond donors (Lipinski definition) is 1. The molecule has 0 aliphatic heterocycles. The van der Waals surface area contributed by atoms with Crippen LogP contribution >= 0.6 is 23.4 Å². The highest BCUT2D eigenvalue weighted by atomic mass is 35.5. The Labute approximate surface area is 189 Å². The van der Waals surface area contributed by atoms with Gasteiger partial charge in [-0.15, -0.1) is 11.8 Å². The molecule has 6 heteroatoms. The molecule has 0 bridgehead atoms. The first kappa shape index (κ1) is 24.3. The van der Waals surface area contributed by atoms with Gasteiger partial charge in [-0.3, -0.25) is 9.59 Å². The molecule has 0 spiro atoms. The fourth-order valence-corrected chi connectivity index (χ4v) is 4.06. The van der Waals surface area contributed by atoms with E-state index in [1.807, 2.05) is 45.0 Å². The first-order valence-electron chi connectivity index (χ1n) is 10.0. The van der Waals surface area contributed by atoms with Crippen LogP contribution in [0, 0.1) is 6.92 Å². The molecule has 2 aromatic carbocycles. The smallest absolute Gasteiger partial charge is 0.242 e. The zero-order chi connectivity index (χ0) is 22.3. The minimum Gasteiger partial charge on any atom is -0.350 e. The standard InChI is InChI=1S/C24H31ClN2O2S/c1-17-8-6-7-9-20(17)15-30-16-22(28)27(14-19-10-12-21(25)13-11-19)18(2)23(29)26-24(3,4)5/h6-13,18H,14-16H2,1-5H3,(H,26,29)/t18-/m1/s1. The van der Waals surface area contributed by atoms with E-state index in [0.717, 1.165) is 11.3 Å². The lowest BCUT2D eigenvalue weighted by molar-refractivity contribution is -0.139.